The Bertz CT molecular complexity index is 353. The van der Waals surface area contributed by atoms with E-state index in [0.717, 1.165) is 5.56 Å². The van der Waals surface area contributed by atoms with Gasteiger partial charge >= 0.3 is 6.18 Å². The maximum atomic E-state index is 12.8. The molecular formula is C14H20F3NO. The molecule has 1 atom stereocenters. The lowest BCUT2D eigenvalue weighted by atomic mass is 10.2. The Hall–Kier alpha value is -1.07. The van der Waals surface area contributed by atoms with Gasteiger partial charge < -0.3 is 4.74 Å². The molecule has 19 heavy (non-hydrogen) atoms. The van der Waals surface area contributed by atoms with Crippen LogP contribution in [0.1, 0.15) is 19.4 Å². The largest absolute Gasteiger partial charge is 0.415 e. The number of alkyl halides is 3. The Balaban J connectivity index is 2.64. The molecule has 0 spiro atoms. The number of nitrogens with zero attached hydrogens (tertiary/aromatic N) is 1. The molecule has 5 heteroatoms. The third-order valence-electron chi connectivity index (χ3n) is 2.85. The molecule has 0 unspecified atom stereocenters. The third kappa shape index (κ3) is 5.61. The molecule has 2 nitrogen and oxygen atoms in total. The molecule has 0 aliphatic rings. The van der Waals surface area contributed by atoms with Gasteiger partial charge in [-0.25, -0.2) is 0 Å². The summed E-state index contributed by atoms with van der Waals surface area (Å²) in [6, 6.07) is 9.47. The highest BCUT2D eigenvalue weighted by Gasteiger charge is 2.41. The Labute approximate surface area is 112 Å². The van der Waals surface area contributed by atoms with Crippen molar-refractivity contribution in [2.45, 2.75) is 32.7 Å². The summed E-state index contributed by atoms with van der Waals surface area (Å²) in [6.07, 6.45) is -6.04. The second-order valence-corrected chi connectivity index (χ2v) is 4.30. The third-order valence-corrected chi connectivity index (χ3v) is 2.85. The first kappa shape index (κ1) is 16.0. The highest BCUT2D eigenvalue weighted by molar-refractivity contribution is 5.14. The minimum Gasteiger partial charge on any atom is -0.368 e. The summed E-state index contributed by atoms with van der Waals surface area (Å²) in [4.78, 5) is 1.74. The molecule has 0 aliphatic heterocycles. The van der Waals surface area contributed by atoms with Crippen LogP contribution >= 0.6 is 0 Å². The summed E-state index contributed by atoms with van der Waals surface area (Å²) in [6.45, 7) is 4.40. The van der Waals surface area contributed by atoms with Gasteiger partial charge in [-0.15, -0.1) is 0 Å². The van der Waals surface area contributed by atoms with E-state index in [-0.39, 0.29) is 13.2 Å². The van der Waals surface area contributed by atoms with Gasteiger partial charge in [0.25, 0.3) is 0 Å². The minimum absolute atomic E-state index is 0.0626. The number of hydrogen-bond donors (Lipinski definition) is 0. The van der Waals surface area contributed by atoms with E-state index in [4.69, 9.17) is 4.74 Å². The maximum Gasteiger partial charge on any atom is 0.415 e. The Kier molecular flexibility index (Phi) is 6.31. The van der Waals surface area contributed by atoms with E-state index in [9.17, 15) is 13.2 Å². The van der Waals surface area contributed by atoms with Gasteiger partial charge in [0.2, 0.25) is 0 Å². The fourth-order valence-electron chi connectivity index (χ4n) is 1.83. The zero-order chi connectivity index (χ0) is 14.3. The molecule has 0 N–H and O–H groups in total. The standard InChI is InChI=1S/C14H20F3NO/c1-3-18(10-12-8-6-5-7-9-12)11-13(19-4-2)14(15,16)17/h5-9,13H,3-4,10-11H2,1-2H3/t13-/m0/s1. The van der Waals surface area contributed by atoms with Crippen LogP contribution in [-0.4, -0.2) is 36.9 Å². The predicted octanol–water partition coefficient (Wildman–Crippen LogP) is 3.48. The summed E-state index contributed by atoms with van der Waals surface area (Å²) < 4.78 is 43.2. The van der Waals surface area contributed by atoms with Gasteiger partial charge in [-0.2, -0.15) is 13.2 Å². The maximum absolute atomic E-state index is 12.8. The van der Waals surface area contributed by atoms with E-state index in [1.165, 1.54) is 0 Å². The fraction of sp³-hybridized carbons (Fsp3) is 0.571. The van der Waals surface area contributed by atoms with Crippen molar-refractivity contribution in [3.8, 4) is 0 Å². The van der Waals surface area contributed by atoms with E-state index >= 15 is 0 Å². The van der Waals surface area contributed by atoms with Gasteiger partial charge in [-0.3, -0.25) is 4.90 Å². The van der Waals surface area contributed by atoms with Crippen molar-refractivity contribution in [3.63, 3.8) is 0 Å². The van der Waals surface area contributed by atoms with Crippen LogP contribution in [0.25, 0.3) is 0 Å². The molecule has 108 valence electrons. The molecule has 0 amide bonds. The van der Waals surface area contributed by atoms with E-state index < -0.39 is 12.3 Å². The van der Waals surface area contributed by atoms with Crippen LogP contribution in [0.5, 0.6) is 0 Å². The van der Waals surface area contributed by atoms with Crippen molar-refractivity contribution in [1.29, 1.82) is 0 Å². The highest BCUT2D eigenvalue weighted by Crippen LogP contribution is 2.24. The molecule has 0 aromatic heterocycles. The zero-order valence-corrected chi connectivity index (χ0v) is 11.3. The van der Waals surface area contributed by atoms with E-state index in [1.54, 1.807) is 11.8 Å². The first-order chi connectivity index (χ1) is 8.97. The lowest BCUT2D eigenvalue weighted by Gasteiger charge is -2.27. The van der Waals surface area contributed by atoms with Crippen molar-refractivity contribution < 1.29 is 17.9 Å². The van der Waals surface area contributed by atoms with E-state index in [0.29, 0.717) is 13.1 Å². The van der Waals surface area contributed by atoms with Crippen molar-refractivity contribution >= 4 is 0 Å². The second-order valence-electron chi connectivity index (χ2n) is 4.30. The molecule has 0 aliphatic carbocycles. The number of rotatable bonds is 7. The van der Waals surface area contributed by atoms with Crippen molar-refractivity contribution in [2.75, 3.05) is 19.7 Å². The molecule has 0 fully saturated rings. The number of likely N-dealkylation sites (N-methyl/N-ethyl adjacent to an activating group) is 1. The molecule has 0 bridgehead atoms. The van der Waals surface area contributed by atoms with Gasteiger partial charge in [0.05, 0.1) is 0 Å². The topological polar surface area (TPSA) is 12.5 Å². The zero-order valence-electron chi connectivity index (χ0n) is 11.3. The lowest BCUT2D eigenvalue weighted by Crippen LogP contribution is -2.42. The Morgan fingerprint density at radius 2 is 1.79 bits per heavy atom. The molecule has 0 radical (unpaired) electrons. The van der Waals surface area contributed by atoms with Gasteiger partial charge in [0.1, 0.15) is 0 Å². The fourth-order valence-corrected chi connectivity index (χ4v) is 1.83. The SMILES string of the molecule is CCO[C@@H](CN(CC)Cc1ccccc1)C(F)(F)F. The van der Waals surface area contributed by atoms with E-state index in [2.05, 4.69) is 0 Å². The van der Waals surface area contributed by atoms with Gasteiger partial charge in [0, 0.05) is 19.7 Å². The van der Waals surface area contributed by atoms with E-state index in [1.807, 2.05) is 37.3 Å². The molecule has 0 saturated heterocycles. The number of ether oxygens (including phenoxy) is 1. The summed E-state index contributed by atoms with van der Waals surface area (Å²) in [5.41, 5.74) is 1.00. The monoisotopic (exact) mass is 275 g/mol. The van der Waals surface area contributed by atoms with Crippen molar-refractivity contribution in [1.82, 2.24) is 4.90 Å². The first-order valence-corrected chi connectivity index (χ1v) is 6.42. The van der Waals surface area contributed by atoms with Crippen molar-refractivity contribution in [2.24, 2.45) is 0 Å². The normalized spacial score (nSPS) is 13.8. The lowest BCUT2D eigenvalue weighted by molar-refractivity contribution is -0.223. The van der Waals surface area contributed by atoms with Crippen LogP contribution < -0.4 is 0 Å². The summed E-state index contributed by atoms with van der Waals surface area (Å²) in [7, 11) is 0. The highest BCUT2D eigenvalue weighted by atomic mass is 19.4. The quantitative estimate of drug-likeness (QED) is 0.755. The predicted molar refractivity (Wildman–Crippen MR) is 68.9 cm³/mol. The van der Waals surface area contributed by atoms with Crippen LogP contribution in [0.3, 0.4) is 0 Å². The van der Waals surface area contributed by atoms with Crippen LogP contribution in [0.15, 0.2) is 30.3 Å². The van der Waals surface area contributed by atoms with Gasteiger partial charge in [-0.1, -0.05) is 37.3 Å². The van der Waals surface area contributed by atoms with Crippen LogP contribution in [0.4, 0.5) is 13.2 Å². The van der Waals surface area contributed by atoms with Gasteiger partial charge in [-0.05, 0) is 19.0 Å². The first-order valence-electron chi connectivity index (χ1n) is 6.42. The summed E-state index contributed by atoms with van der Waals surface area (Å²) >= 11 is 0. The van der Waals surface area contributed by atoms with Gasteiger partial charge in [0.15, 0.2) is 6.10 Å². The molecule has 0 saturated carbocycles. The average Bonchev–Trinajstić information content (AvgIpc) is 2.37. The number of benzene rings is 1. The Morgan fingerprint density at radius 3 is 2.26 bits per heavy atom. The molecule has 1 rings (SSSR count). The second kappa shape index (κ2) is 7.50. The van der Waals surface area contributed by atoms with Crippen molar-refractivity contribution in [3.05, 3.63) is 35.9 Å². The minimum atomic E-state index is -4.32. The molecule has 1 aromatic rings. The molecule has 0 heterocycles. The summed E-state index contributed by atoms with van der Waals surface area (Å²) in [5.74, 6) is 0. The summed E-state index contributed by atoms with van der Waals surface area (Å²) in [5, 5.41) is 0. The molecule has 1 aromatic carbocycles. The van der Waals surface area contributed by atoms with Crippen LogP contribution in [0.2, 0.25) is 0 Å². The van der Waals surface area contributed by atoms with Crippen LogP contribution in [-0.2, 0) is 11.3 Å². The Morgan fingerprint density at radius 1 is 1.16 bits per heavy atom. The average molecular weight is 275 g/mol. The molecular weight excluding hydrogens is 255 g/mol. The number of hydrogen-bond acceptors (Lipinski definition) is 2. The smallest absolute Gasteiger partial charge is 0.368 e. The van der Waals surface area contributed by atoms with Crippen LogP contribution in [0, 0.1) is 0 Å². The number of halogens is 3.